The van der Waals surface area contributed by atoms with E-state index in [-0.39, 0.29) is 19.4 Å². The topological polar surface area (TPSA) is 231 Å². The lowest BCUT2D eigenvalue weighted by Crippen LogP contribution is -2.61. The highest BCUT2D eigenvalue weighted by Gasteiger charge is 2.47. The number of carbonyl (C=O) groups is 2. The van der Waals surface area contributed by atoms with Gasteiger partial charge in [-0.1, -0.05) is 120 Å². The quantitative estimate of drug-likeness (QED) is 0.0147. The molecule has 0 bridgehead atoms. The molecule has 0 spiro atoms. The minimum atomic E-state index is -1.78. The summed E-state index contributed by atoms with van der Waals surface area (Å²) < 4.78 is 33.5. The Morgan fingerprint density at radius 1 is 0.529 bits per heavy atom. The zero-order valence-electron chi connectivity index (χ0n) is 40.9. The molecule has 4 unspecified atom stereocenters. The predicted molar refractivity (Wildman–Crippen MR) is 260 cm³/mol. The highest BCUT2D eigenvalue weighted by molar-refractivity contribution is 5.70. The number of carbonyl (C=O) groups excluding carboxylic acids is 2. The van der Waals surface area contributed by atoms with E-state index in [0.29, 0.717) is 19.3 Å². The SMILES string of the molecule is CC/C=C/C/C=C/C/C=C/C/C=C/C/C=C/CCCC(=O)OC[C@@H](CO[C@@H]1O[C@H](CO[C@@H]2O[C@H](CO)[C@H](O)C(O)C2O)[C@H](O)C(O)C1O)OC(=O)CCCCCCCC=C=CCCCCCCC. The zero-order valence-corrected chi connectivity index (χ0v) is 40.9. The summed E-state index contributed by atoms with van der Waals surface area (Å²) in [5, 5.41) is 72.0. The average molecular weight is 963 g/mol. The van der Waals surface area contributed by atoms with Gasteiger partial charge in [-0.3, -0.25) is 9.59 Å². The first-order valence-electron chi connectivity index (χ1n) is 25.3. The summed E-state index contributed by atoms with van der Waals surface area (Å²) in [6.07, 6.45) is 27.2. The molecule has 7 N–H and O–H groups in total. The van der Waals surface area contributed by atoms with E-state index in [0.717, 1.165) is 70.6 Å². The van der Waals surface area contributed by atoms with Crippen LogP contribution in [0.15, 0.2) is 78.6 Å². The Balaban J connectivity index is 1.86. The second kappa shape index (κ2) is 39.4. The lowest BCUT2D eigenvalue weighted by molar-refractivity contribution is -0.332. The van der Waals surface area contributed by atoms with Crippen LogP contribution in [-0.2, 0) is 38.0 Å². The average Bonchev–Trinajstić information content (AvgIpc) is 3.33. The number of hydrogen-bond donors (Lipinski definition) is 7. The second-order valence-corrected chi connectivity index (χ2v) is 17.4. The van der Waals surface area contributed by atoms with Crippen molar-refractivity contribution >= 4 is 11.9 Å². The molecule has 0 aromatic carbocycles. The van der Waals surface area contributed by atoms with Gasteiger partial charge in [-0.15, -0.1) is 5.73 Å². The largest absolute Gasteiger partial charge is 0.462 e. The number of ether oxygens (including phenoxy) is 6. The van der Waals surface area contributed by atoms with Crippen molar-refractivity contribution in [3.8, 4) is 0 Å². The molecule has 15 nitrogen and oxygen atoms in total. The molecule has 0 amide bonds. The summed E-state index contributed by atoms with van der Waals surface area (Å²) in [6.45, 7) is 2.35. The van der Waals surface area contributed by atoms with Crippen molar-refractivity contribution in [1.82, 2.24) is 0 Å². The fourth-order valence-corrected chi connectivity index (χ4v) is 7.29. The van der Waals surface area contributed by atoms with Gasteiger partial charge in [0.1, 0.15) is 55.4 Å². The van der Waals surface area contributed by atoms with Crippen molar-refractivity contribution < 1.29 is 73.8 Å². The van der Waals surface area contributed by atoms with Gasteiger partial charge in [-0.2, -0.15) is 0 Å². The molecule has 15 heteroatoms. The maximum Gasteiger partial charge on any atom is 0.306 e. The van der Waals surface area contributed by atoms with Crippen molar-refractivity contribution in [1.29, 1.82) is 0 Å². The van der Waals surface area contributed by atoms with Crippen LogP contribution in [-0.4, -0.2) is 142 Å². The summed E-state index contributed by atoms with van der Waals surface area (Å²) in [4.78, 5) is 25.7. The Morgan fingerprint density at radius 2 is 1.03 bits per heavy atom. The molecular weight excluding hydrogens is 877 g/mol. The Hall–Kier alpha value is -3.28. The number of esters is 2. The Kier molecular flexibility index (Phi) is 35.3. The van der Waals surface area contributed by atoms with E-state index in [1.807, 2.05) is 12.2 Å². The van der Waals surface area contributed by atoms with Crippen molar-refractivity contribution in [2.75, 3.05) is 26.4 Å². The number of aliphatic hydroxyl groups excluding tert-OH is 7. The van der Waals surface area contributed by atoms with Gasteiger partial charge >= 0.3 is 11.9 Å². The van der Waals surface area contributed by atoms with Crippen molar-refractivity contribution in [3.05, 3.63) is 78.6 Å². The van der Waals surface area contributed by atoms with Crippen LogP contribution in [0.3, 0.4) is 0 Å². The first-order valence-corrected chi connectivity index (χ1v) is 25.3. The summed E-state index contributed by atoms with van der Waals surface area (Å²) in [5.41, 5.74) is 3.28. The van der Waals surface area contributed by atoms with Crippen molar-refractivity contribution in [3.63, 3.8) is 0 Å². The molecule has 2 saturated heterocycles. The monoisotopic (exact) mass is 963 g/mol. The Labute approximate surface area is 405 Å². The summed E-state index contributed by atoms with van der Waals surface area (Å²) in [5.74, 6) is -1.02. The van der Waals surface area contributed by atoms with Gasteiger partial charge in [0.25, 0.3) is 0 Å². The van der Waals surface area contributed by atoms with Crippen LogP contribution in [0.5, 0.6) is 0 Å². The maximum absolute atomic E-state index is 13.0. The van der Waals surface area contributed by atoms with Crippen LogP contribution in [0.1, 0.15) is 149 Å². The third-order valence-corrected chi connectivity index (χ3v) is 11.4. The molecular formula is C53H86O15. The molecule has 0 aromatic rings. The fraction of sp³-hybridized carbons (Fsp3) is 0.717. The third kappa shape index (κ3) is 27.2. The normalized spacial score (nSPS) is 26.0. The molecule has 388 valence electrons. The van der Waals surface area contributed by atoms with Gasteiger partial charge in [0.15, 0.2) is 18.7 Å². The fourth-order valence-electron chi connectivity index (χ4n) is 7.29. The molecule has 2 heterocycles. The smallest absolute Gasteiger partial charge is 0.306 e. The third-order valence-electron chi connectivity index (χ3n) is 11.4. The summed E-state index contributed by atoms with van der Waals surface area (Å²) in [7, 11) is 0. The standard InChI is InChI=1S/C53H86O15/c1-3-5-7-9-11-13-15-17-19-20-22-23-25-27-29-31-33-35-44(55)63-38-41(66-45(56)36-34-32-30-28-26-24-21-18-16-14-12-10-8-6-4-2)39-64-52-51(62)49(60)47(58)43(68-52)40-65-53-50(61)48(59)46(57)42(37-54)67-53/h5,7,11,13,16-17,19,21-23,27,29,41-43,46-54,57-62H,3-4,6,8-10,12,14-15,20,24-26,28,30-40H2,1-2H3/b7-5+,13-11+,19-17+,23-22+,29-27+/t18?,41-,42+,43+,46-,47-,48?,49?,50?,51?,52+,53+/m0/s1. The molecule has 2 aliphatic rings. The lowest BCUT2D eigenvalue weighted by Gasteiger charge is -2.42. The van der Waals surface area contributed by atoms with Crippen molar-refractivity contribution in [2.45, 2.75) is 216 Å². The highest BCUT2D eigenvalue weighted by atomic mass is 16.7. The van der Waals surface area contributed by atoms with Gasteiger partial charge in [0, 0.05) is 12.8 Å². The molecule has 0 aliphatic carbocycles. The summed E-state index contributed by atoms with van der Waals surface area (Å²) >= 11 is 0. The first kappa shape index (κ1) is 60.8. The number of unbranched alkanes of at least 4 members (excludes halogenated alkanes) is 11. The molecule has 2 fully saturated rings. The molecule has 2 aliphatic heterocycles. The van der Waals surface area contributed by atoms with Crippen LogP contribution >= 0.6 is 0 Å². The van der Waals surface area contributed by atoms with Crippen LogP contribution in [0.4, 0.5) is 0 Å². The van der Waals surface area contributed by atoms with E-state index in [9.17, 15) is 45.3 Å². The molecule has 0 saturated carbocycles. The Morgan fingerprint density at radius 3 is 1.62 bits per heavy atom. The van der Waals surface area contributed by atoms with Crippen LogP contribution in [0.2, 0.25) is 0 Å². The molecule has 11 atom stereocenters. The number of allylic oxidation sites excluding steroid dienone is 11. The molecule has 2 rings (SSSR count). The summed E-state index contributed by atoms with van der Waals surface area (Å²) in [6, 6.07) is 0. The first-order chi connectivity index (χ1) is 33.0. The highest BCUT2D eigenvalue weighted by Crippen LogP contribution is 2.26. The molecule has 0 aromatic heterocycles. The van der Waals surface area contributed by atoms with Crippen molar-refractivity contribution in [2.24, 2.45) is 0 Å². The maximum atomic E-state index is 13.0. The van der Waals surface area contributed by atoms with Gasteiger partial charge in [-0.05, 0) is 89.2 Å². The van der Waals surface area contributed by atoms with E-state index in [1.165, 1.54) is 32.1 Å². The van der Waals surface area contributed by atoms with Crippen LogP contribution in [0.25, 0.3) is 0 Å². The number of hydrogen-bond acceptors (Lipinski definition) is 15. The second-order valence-electron chi connectivity index (χ2n) is 17.4. The van der Waals surface area contributed by atoms with E-state index in [2.05, 4.69) is 80.3 Å². The van der Waals surface area contributed by atoms with Gasteiger partial charge < -0.3 is 64.2 Å². The zero-order chi connectivity index (χ0) is 49.6. The van der Waals surface area contributed by atoms with E-state index in [4.69, 9.17) is 28.4 Å². The predicted octanol–water partition coefficient (Wildman–Crippen LogP) is 6.81. The molecule has 0 radical (unpaired) electrons. The lowest BCUT2D eigenvalue weighted by atomic mass is 9.98. The Bertz CT molecular complexity index is 1520. The van der Waals surface area contributed by atoms with Crippen LogP contribution in [0, 0.1) is 0 Å². The van der Waals surface area contributed by atoms with Gasteiger partial charge in [-0.25, -0.2) is 0 Å². The minimum absolute atomic E-state index is 0.128. The van der Waals surface area contributed by atoms with Gasteiger partial charge in [0.05, 0.1) is 19.8 Å². The minimum Gasteiger partial charge on any atom is -0.462 e. The van der Waals surface area contributed by atoms with Gasteiger partial charge in [0.2, 0.25) is 0 Å². The number of aliphatic hydroxyl groups is 7. The van der Waals surface area contributed by atoms with E-state index < -0.39 is 99.3 Å². The number of rotatable bonds is 37. The molecule has 68 heavy (non-hydrogen) atoms. The van der Waals surface area contributed by atoms with E-state index in [1.54, 1.807) is 0 Å². The van der Waals surface area contributed by atoms with E-state index >= 15 is 0 Å². The van der Waals surface area contributed by atoms with Crippen LogP contribution < -0.4 is 0 Å².